The number of nitrogens with zero attached hydrogens (tertiary/aromatic N) is 1. The van der Waals surface area contributed by atoms with Gasteiger partial charge >= 0.3 is 0 Å². The standard InChI is InChI=1S/C14H20ClN3/c1-14(2)6-3-7-18(9-14)12-8-10(15)4-5-11(12)13(16)17/h4-5,8H,3,6-7,9H2,1-2H3,(H3,16,17). The van der Waals surface area contributed by atoms with E-state index in [9.17, 15) is 0 Å². The zero-order valence-electron chi connectivity index (χ0n) is 11.0. The van der Waals surface area contributed by atoms with Gasteiger partial charge in [0.15, 0.2) is 0 Å². The largest absolute Gasteiger partial charge is 0.384 e. The van der Waals surface area contributed by atoms with E-state index in [1.54, 1.807) is 6.07 Å². The van der Waals surface area contributed by atoms with Crippen LogP contribution in [-0.2, 0) is 0 Å². The number of nitrogen functional groups attached to an aromatic ring is 1. The maximum absolute atomic E-state index is 7.67. The van der Waals surface area contributed by atoms with Crippen LogP contribution in [0.4, 0.5) is 5.69 Å². The van der Waals surface area contributed by atoms with Crippen molar-refractivity contribution in [2.45, 2.75) is 26.7 Å². The fourth-order valence-corrected chi connectivity index (χ4v) is 2.79. The predicted octanol–water partition coefficient (Wildman–Crippen LogP) is 3.25. The van der Waals surface area contributed by atoms with Gasteiger partial charge in [-0.3, -0.25) is 5.41 Å². The number of halogens is 1. The maximum atomic E-state index is 7.67. The van der Waals surface area contributed by atoms with Crippen LogP contribution in [0.1, 0.15) is 32.3 Å². The Bertz CT molecular complexity index is 468. The summed E-state index contributed by atoms with van der Waals surface area (Å²) in [6.45, 7) is 6.53. The first kappa shape index (κ1) is 13.2. The molecule has 0 bridgehead atoms. The van der Waals surface area contributed by atoms with Gasteiger partial charge in [-0.05, 0) is 36.5 Å². The Labute approximate surface area is 113 Å². The number of hydrogen-bond acceptors (Lipinski definition) is 2. The van der Waals surface area contributed by atoms with Crippen LogP contribution in [0.2, 0.25) is 5.02 Å². The topological polar surface area (TPSA) is 53.1 Å². The molecule has 1 aromatic rings. The van der Waals surface area contributed by atoms with Gasteiger partial charge in [-0.2, -0.15) is 0 Å². The lowest BCUT2D eigenvalue weighted by Gasteiger charge is -2.40. The molecule has 0 saturated carbocycles. The minimum atomic E-state index is 0.102. The van der Waals surface area contributed by atoms with Crippen molar-refractivity contribution in [2.75, 3.05) is 18.0 Å². The summed E-state index contributed by atoms with van der Waals surface area (Å²) in [6, 6.07) is 5.54. The zero-order valence-corrected chi connectivity index (χ0v) is 11.7. The molecule has 1 aromatic carbocycles. The summed E-state index contributed by atoms with van der Waals surface area (Å²) in [5, 5.41) is 8.37. The third-order valence-corrected chi connectivity index (χ3v) is 3.73. The van der Waals surface area contributed by atoms with Crippen molar-refractivity contribution in [1.29, 1.82) is 5.41 Å². The highest BCUT2D eigenvalue weighted by Crippen LogP contribution is 2.34. The second kappa shape index (κ2) is 4.81. The van der Waals surface area contributed by atoms with Gasteiger partial charge in [0.2, 0.25) is 0 Å². The number of rotatable bonds is 2. The molecule has 18 heavy (non-hydrogen) atoms. The van der Waals surface area contributed by atoms with Crippen molar-refractivity contribution in [3.05, 3.63) is 28.8 Å². The minimum Gasteiger partial charge on any atom is -0.384 e. The highest BCUT2D eigenvalue weighted by atomic mass is 35.5. The Morgan fingerprint density at radius 2 is 2.17 bits per heavy atom. The van der Waals surface area contributed by atoms with Gasteiger partial charge in [0.05, 0.1) is 0 Å². The van der Waals surface area contributed by atoms with E-state index >= 15 is 0 Å². The van der Waals surface area contributed by atoms with Crippen LogP contribution in [0.15, 0.2) is 18.2 Å². The van der Waals surface area contributed by atoms with Gasteiger partial charge in [0.25, 0.3) is 0 Å². The summed E-state index contributed by atoms with van der Waals surface area (Å²) in [5.74, 6) is 0.102. The lowest BCUT2D eigenvalue weighted by molar-refractivity contribution is 0.293. The molecule has 0 aromatic heterocycles. The van der Waals surface area contributed by atoms with E-state index in [1.165, 1.54) is 6.42 Å². The second-order valence-corrected chi connectivity index (χ2v) is 6.20. The predicted molar refractivity (Wildman–Crippen MR) is 77.7 cm³/mol. The van der Waals surface area contributed by atoms with Crippen LogP contribution in [0, 0.1) is 10.8 Å². The third-order valence-electron chi connectivity index (χ3n) is 3.49. The van der Waals surface area contributed by atoms with Gasteiger partial charge in [-0.25, -0.2) is 0 Å². The number of piperidine rings is 1. The zero-order chi connectivity index (χ0) is 13.3. The average molecular weight is 266 g/mol. The number of benzene rings is 1. The van der Waals surface area contributed by atoms with Crippen LogP contribution in [0.5, 0.6) is 0 Å². The van der Waals surface area contributed by atoms with Crippen molar-refractivity contribution in [3.8, 4) is 0 Å². The lowest BCUT2D eigenvalue weighted by atomic mass is 9.84. The van der Waals surface area contributed by atoms with Gasteiger partial charge in [0, 0.05) is 29.4 Å². The van der Waals surface area contributed by atoms with Gasteiger partial charge in [0.1, 0.15) is 5.84 Å². The van der Waals surface area contributed by atoms with E-state index in [0.29, 0.717) is 10.4 Å². The van der Waals surface area contributed by atoms with Gasteiger partial charge in [-0.15, -0.1) is 0 Å². The second-order valence-electron chi connectivity index (χ2n) is 5.76. The number of amidine groups is 1. The van der Waals surface area contributed by atoms with Crippen molar-refractivity contribution in [1.82, 2.24) is 0 Å². The van der Waals surface area contributed by atoms with Crippen LogP contribution < -0.4 is 10.6 Å². The number of nitrogens with one attached hydrogen (secondary N) is 1. The van der Waals surface area contributed by atoms with Crippen molar-refractivity contribution in [3.63, 3.8) is 0 Å². The molecule has 3 N–H and O–H groups in total. The van der Waals surface area contributed by atoms with Crippen LogP contribution in [0.25, 0.3) is 0 Å². The van der Waals surface area contributed by atoms with Crippen molar-refractivity contribution >= 4 is 23.1 Å². The molecular formula is C14H20ClN3. The Hall–Kier alpha value is -1.22. The summed E-state index contributed by atoms with van der Waals surface area (Å²) in [5.41, 5.74) is 7.72. The van der Waals surface area contributed by atoms with Gasteiger partial charge in [-0.1, -0.05) is 25.4 Å². The van der Waals surface area contributed by atoms with E-state index in [4.69, 9.17) is 22.7 Å². The lowest BCUT2D eigenvalue weighted by Crippen LogP contribution is -2.41. The highest BCUT2D eigenvalue weighted by Gasteiger charge is 2.27. The van der Waals surface area contributed by atoms with Gasteiger partial charge < -0.3 is 10.6 Å². The summed E-state index contributed by atoms with van der Waals surface area (Å²) < 4.78 is 0. The van der Waals surface area contributed by atoms with Crippen molar-refractivity contribution < 1.29 is 0 Å². The van der Waals surface area contributed by atoms with E-state index < -0.39 is 0 Å². The molecule has 2 rings (SSSR count). The summed E-state index contributed by atoms with van der Waals surface area (Å²) in [7, 11) is 0. The molecule has 4 heteroatoms. The average Bonchev–Trinajstić information content (AvgIpc) is 2.27. The summed E-state index contributed by atoms with van der Waals surface area (Å²) in [4.78, 5) is 2.30. The van der Waals surface area contributed by atoms with Crippen LogP contribution in [0.3, 0.4) is 0 Å². The molecule has 3 nitrogen and oxygen atoms in total. The highest BCUT2D eigenvalue weighted by molar-refractivity contribution is 6.31. The Morgan fingerprint density at radius 3 is 2.78 bits per heavy atom. The minimum absolute atomic E-state index is 0.102. The smallest absolute Gasteiger partial charge is 0.124 e. The quantitative estimate of drug-likeness (QED) is 0.637. The van der Waals surface area contributed by atoms with E-state index in [2.05, 4.69) is 18.7 Å². The molecule has 1 aliphatic heterocycles. The molecule has 0 unspecified atom stereocenters. The number of hydrogen-bond donors (Lipinski definition) is 2. The number of anilines is 1. The van der Waals surface area contributed by atoms with E-state index in [-0.39, 0.29) is 5.84 Å². The van der Waals surface area contributed by atoms with Crippen LogP contribution in [-0.4, -0.2) is 18.9 Å². The fourth-order valence-electron chi connectivity index (χ4n) is 2.62. The maximum Gasteiger partial charge on any atom is 0.124 e. The fraction of sp³-hybridized carbons (Fsp3) is 0.500. The van der Waals surface area contributed by atoms with Crippen molar-refractivity contribution in [2.24, 2.45) is 11.1 Å². The SMILES string of the molecule is CC1(C)CCCN(c2cc(Cl)ccc2C(=N)N)C1. The molecule has 0 radical (unpaired) electrons. The Kier molecular flexibility index (Phi) is 3.53. The molecular weight excluding hydrogens is 246 g/mol. The first-order chi connectivity index (χ1) is 8.39. The molecule has 98 valence electrons. The summed E-state index contributed by atoms with van der Waals surface area (Å²) >= 11 is 6.07. The van der Waals surface area contributed by atoms with E-state index in [1.807, 2.05) is 12.1 Å². The molecule has 1 saturated heterocycles. The normalized spacial score (nSPS) is 18.7. The Balaban J connectivity index is 2.37. The monoisotopic (exact) mass is 265 g/mol. The third kappa shape index (κ3) is 2.78. The molecule has 1 heterocycles. The molecule has 1 fully saturated rings. The molecule has 0 aliphatic carbocycles. The number of nitrogens with two attached hydrogens (primary N) is 1. The first-order valence-corrected chi connectivity index (χ1v) is 6.66. The molecule has 0 amide bonds. The first-order valence-electron chi connectivity index (χ1n) is 6.28. The van der Waals surface area contributed by atoms with E-state index in [0.717, 1.165) is 30.8 Å². The Morgan fingerprint density at radius 1 is 1.44 bits per heavy atom. The molecule has 0 spiro atoms. The molecule has 1 aliphatic rings. The summed E-state index contributed by atoms with van der Waals surface area (Å²) in [6.07, 6.45) is 2.40. The molecule has 0 atom stereocenters. The van der Waals surface area contributed by atoms with Crippen LogP contribution >= 0.6 is 11.6 Å².